The van der Waals surface area contributed by atoms with Crippen LogP contribution in [-0.4, -0.2) is 46.3 Å². The Morgan fingerprint density at radius 1 is 0.625 bits per heavy atom. The summed E-state index contributed by atoms with van der Waals surface area (Å²) in [5.74, 6) is -0.366. The van der Waals surface area contributed by atoms with Crippen molar-refractivity contribution in [2.45, 2.75) is 75.3 Å². The molecule has 5 rings (SSSR count). The first-order chi connectivity index (χ1) is 19.3. The molecule has 3 aliphatic rings. The van der Waals surface area contributed by atoms with E-state index in [0.29, 0.717) is 35.7 Å². The number of hydrogen-bond acceptors (Lipinski definition) is 6. The van der Waals surface area contributed by atoms with Gasteiger partial charge in [0.1, 0.15) is 11.5 Å². The van der Waals surface area contributed by atoms with E-state index in [4.69, 9.17) is 23.2 Å². The van der Waals surface area contributed by atoms with Gasteiger partial charge in [-0.3, -0.25) is 19.6 Å². The van der Waals surface area contributed by atoms with Crippen LogP contribution in [0.3, 0.4) is 0 Å². The monoisotopic (exact) mass is 578 g/mol. The summed E-state index contributed by atoms with van der Waals surface area (Å²) >= 11 is 12.0. The topological polar surface area (TPSA) is 99.3 Å². The Hall–Kier alpha value is -3.22. The third kappa shape index (κ3) is 6.56. The second-order valence-corrected chi connectivity index (χ2v) is 11.7. The fraction of sp³-hybridized carbons (Fsp3) is 0.375. The number of Topliss-reactive ketones (excluding diaryl/α,β-unsaturated/α-hetero) is 2. The molecule has 2 N–H and O–H groups in total. The normalized spacial score (nSPS) is 26.4. The van der Waals surface area contributed by atoms with E-state index >= 15 is 0 Å². The van der Waals surface area contributed by atoms with Gasteiger partial charge < -0.3 is 10.2 Å². The second-order valence-electron chi connectivity index (χ2n) is 10.9. The highest BCUT2D eigenvalue weighted by molar-refractivity contribution is 6.30. The highest BCUT2D eigenvalue weighted by Gasteiger charge is 2.31. The first kappa shape index (κ1) is 28.3. The molecule has 1 fully saturated rings. The van der Waals surface area contributed by atoms with Gasteiger partial charge in [-0.25, -0.2) is 0 Å². The number of carbonyl (C=O) groups is 2. The minimum Gasteiger partial charge on any atom is -0.511 e. The Bertz CT molecular complexity index is 1290. The minimum atomic E-state index is -0.171. The third-order valence-corrected chi connectivity index (χ3v) is 8.64. The first-order valence-corrected chi connectivity index (χ1v) is 14.5. The van der Waals surface area contributed by atoms with Gasteiger partial charge in [-0.1, -0.05) is 60.3 Å². The van der Waals surface area contributed by atoms with Crippen LogP contribution in [0, 0.1) is 0 Å². The van der Waals surface area contributed by atoms with Crippen molar-refractivity contribution in [3.8, 4) is 0 Å². The molecule has 0 bridgehead atoms. The summed E-state index contributed by atoms with van der Waals surface area (Å²) in [4.78, 5) is 35.2. The number of carbonyl (C=O) groups excluding carboxylic acids is 2. The molecule has 2 aromatic rings. The van der Waals surface area contributed by atoms with E-state index in [0.717, 1.165) is 36.8 Å². The van der Waals surface area contributed by atoms with Crippen LogP contribution < -0.4 is 0 Å². The van der Waals surface area contributed by atoms with Crippen LogP contribution >= 0.6 is 23.2 Å². The van der Waals surface area contributed by atoms with Crippen molar-refractivity contribution < 1.29 is 19.8 Å². The number of halogens is 2. The zero-order chi connectivity index (χ0) is 28.2. The molecule has 0 saturated heterocycles. The van der Waals surface area contributed by atoms with Crippen molar-refractivity contribution in [2.24, 2.45) is 9.98 Å². The number of aliphatic hydroxyl groups excluding tert-OH is 2. The molecule has 3 aliphatic carbocycles. The Morgan fingerprint density at radius 2 is 1.00 bits per heavy atom. The summed E-state index contributed by atoms with van der Waals surface area (Å²) in [6, 6.07) is 14.4. The van der Waals surface area contributed by atoms with Crippen LogP contribution in [-0.2, 0) is 9.59 Å². The van der Waals surface area contributed by atoms with E-state index in [1.165, 1.54) is 12.4 Å². The molecule has 0 radical (unpaired) electrons. The lowest BCUT2D eigenvalue weighted by molar-refractivity contribution is -0.117. The van der Waals surface area contributed by atoms with Crippen molar-refractivity contribution in [3.05, 3.63) is 92.4 Å². The molecule has 6 nitrogen and oxygen atoms in total. The van der Waals surface area contributed by atoms with Gasteiger partial charge in [0, 0.05) is 48.2 Å². The number of benzene rings is 2. The van der Waals surface area contributed by atoms with Gasteiger partial charge in [0.25, 0.3) is 0 Å². The molecule has 40 heavy (non-hydrogen) atoms. The van der Waals surface area contributed by atoms with Gasteiger partial charge in [-0.05, 0) is 60.1 Å². The van der Waals surface area contributed by atoms with E-state index in [1.54, 1.807) is 24.3 Å². The maximum Gasteiger partial charge on any atom is 0.168 e. The van der Waals surface area contributed by atoms with Gasteiger partial charge in [0.2, 0.25) is 0 Å². The quantitative estimate of drug-likeness (QED) is 0.343. The molecule has 8 heteroatoms. The van der Waals surface area contributed by atoms with Crippen molar-refractivity contribution in [1.29, 1.82) is 0 Å². The zero-order valence-corrected chi connectivity index (χ0v) is 23.6. The number of allylic oxidation sites excluding steroid dienone is 4. The van der Waals surface area contributed by atoms with Gasteiger partial charge in [0.15, 0.2) is 11.6 Å². The molecular weight excluding hydrogens is 547 g/mol. The standard InChI is InChI=1S/C32H32Cl2N2O4/c33-23-9-5-19(6-10-23)21-13-29(37)25(30(38)14-21)17-35-27-3-1-2-4-28(27)36-18-26-31(39)15-22(16-32(26)40)20-7-11-24(34)12-8-20/h5-12,17-18,21-22,27-28,37,39H,1-4,13-16H2/t21?,22?,27-,28-/m0/s1. The first-order valence-electron chi connectivity index (χ1n) is 13.8. The lowest BCUT2D eigenvalue weighted by Gasteiger charge is -2.27. The van der Waals surface area contributed by atoms with E-state index < -0.39 is 0 Å². The van der Waals surface area contributed by atoms with Crippen LogP contribution in [0.25, 0.3) is 0 Å². The Kier molecular flexibility index (Phi) is 8.87. The van der Waals surface area contributed by atoms with E-state index in [2.05, 4.69) is 9.98 Å². The van der Waals surface area contributed by atoms with Crippen LogP contribution in [0.2, 0.25) is 10.0 Å². The molecule has 2 aromatic carbocycles. The van der Waals surface area contributed by atoms with Gasteiger partial charge >= 0.3 is 0 Å². The summed E-state index contributed by atoms with van der Waals surface area (Å²) in [6.07, 6.45) is 7.92. The second kappa shape index (κ2) is 12.5. The molecule has 208 valence electrons. The Balaban J connectivity index is 1.27. The molecule has 0 aliphatic heterocycles. The number of hydrogen-bond donors (Lipinski definition) is 2. The molecular formula is C32H32Cl2N2O4. The lowest BCUT2D eigenvalue weighted by Crippen LogP contribution is -2.28. The van der Waals surface area contributed by atoms with Gasteiger partial charge in [-0.15, -0.1) is 0 Å². The van der Waals surface area contributed by atoms with Crippen molar-refractivity contribution in [1.82, 2.24) is 0 Å². The fourth-order valence-corrected chi connectivity index (χ4v) is 6.09. The summed E-state index contributed by atoms with van der Waals surface area (Å²) in [5, 5.41) is 22.7. The predicted molar refractivity (Wildman–Crippen MR) is 159 cm³/mol. The zero-order valence-electron chi connectivity index (χ0n) is 22.1. The molecule has 2 unspecified atom stereocenters. The van der Waals surface area contributed by atoms with Crippen LogP contribution in [0.5, 0.6) is 0 Å². The highest BCUT2D eigenvalue weighted by Crippen LogP contribution is 2.35. The Labute approximate surface area is 244 Å². The SMILES string of the molecule is O=C1CC(c2ccc(Cl)cc2)CC(O)=C1C=N[C@H]1CCCC[C@@H]1N=CC1=C(O)CC(c2ccc(Cl)cc2)CC1=O. The van der Waals surface area contributed by atoms with Crippen LogP contribution in [0.15, 0.2) is 81.2 Å². The molecule has 0 amide bonds. The summed E-state index contributed by atoms with van der Waals surface area (Å²) < 4.78 is 0. The maximum absolute atomic E-state index is 12.9. The van der Waals surface area contributed by atoms with E-state index in [-0.39, 0.29) is 58.2 Å². The van der Waals surface area contributed by atoms with Crippen molar-refractivity contribution >= 4 is 47.2 Å². The molecule has 0 spiro atoms. The molecule has 4 atom stereocenters. The largest absolute Gasteiger partial charge is 0.511 e. The van der Waals surface area contributed by atoms with Gasteiger partial charge in [0.05, 0.1) is 23.2 Å². The maximum atomic E-state index is 12.9. The van der Waals surface area contributed by atoms with Gasteiger partial charge in [-0.2, -0.15) is 0 Å². The number of aliphatic imine (C=N–C) groups is 2. The smallest absolute Gasteiger partial charge is 0.168 e. The average Bonchev–Trinajstić information content (AvgIpc) is 2.93. The third-order valence-electron chi connectivity index (χ3n) is 8.13. The predicted octanol–water partition coefficient (Wildman–Crippen LogP) is 7.66. The summed E-state index contributed by atoms with van der Waals surface area (Å²) in [6.45, 7) is 0. The average molecular weight is 580 g/mol. The number of ketones is 2. The highest BCUT2D eigenvalue weighted by atomic mass is 35.5. The Morgan fingerprint density at radius 3 is 1.35 bits per heavy atom. The fourth-order valence-electron chi connectivity index (χ4n) is 5.83. The number of rotatable bonds is 6. The summed E-state index contributed by atoms with van der Waals surface area (Å²) in [5.41, 5.74) is 2.46. The lowest BCUT2D eigenvalue weighted by atomic mass is 9.82. The summed E-state index contributed by atoms with van der Waals surface area (Å²) in [7, 11) is 0. The number of aliphatic hydroxyl groups is 2. The number of nitrogens with zero attached hydrogens (tertiary/aromatic N) is 2. The van der Waals surface area contributed by atoms with Crippen LogP contribution in [0.1, 0.15) is 74.3 Å². The van der Waals surface area contributed by atoms with E-state index in [1.807, 2.05) is 24.3 Å². The minimum absolute atomic E-state index is 0.0499. The van der Waals surface area contributed by atoms with E-state index in [9.17, 15) is 19.8 Å². The van der Waals surface area contributed by atoms with Crippen molar-refractivity contribution in [3.63, 3.8) is 0 Å². The molecule has 1 saturated carbocycles. The van der Waals surface area contributed by atoms with Crippen LogP contribution in [0.4, 0.5) is 0 Å². The van der Waals surface area contributed by atoms with Crippen molar-refractivity contribution in [2.75, 3.05) is 0 Å². The molecule has 0 heterocycles. The molecule has 0 aromatic heterocycles.